The van der Waals surface area contributed by atoms with Crippen LogP contribution in [0.5, 0.6) is 0 Å². The first-order valence-corrected chi connectivity index (χ1v) is 28.8. The maximum Gasteiger partial charge on any atom is 0.472 e. The van der Waals surface area contributed by atoms with E-state index in [0.717, 1.165) is 128 Å². The number of hydrogen-bond donors (Lipinski definition) is 2. The van der Waals surface area contributed by atoms with E-state index in [1.165, 1.54) is 25.7 Å². The third kappa shape index (κ3) is 55.1. The van der Waals surface area contributed by atoms with Crippen LogP contribution in [-0.2, 0) is 32.7 Å². The van der Waals surface area contributed by atoms with Crippen LogP contribution in [0.4, 0.5) is 0 Å². The Morgan fingerprint density at radius 2 is 0.775 bits per heavy atom. The highest BCUT2D eigenvalue weighted by molar-refractivity contribution is 7.47. The second-order valence-electron chi connectivity index (χ2n) is 17.4. The molecule has 0 spiro atoms. The summed E-state index contributed by atoms with van der Waals surface area (Å²) in [5.41, 5.74) is 5.37. The van der Waals surface area contributed by atoms with Crippen molar-refractivity contribution in [1.29, 1.82) is 0 Å². The van der Waals surface area contributed by atoms with E-state index >= 15 is 0 Å². The molecule has 0 saturated carbocycles. The molecule has 9 nitrogen and oxygen atoms in total. The van der Waals surface area contributed by atoms with Gasteiger partial charge in [-0.2, -0.15) is 0 Å². The van der Waals surface area contributed by atoms with Crippen molar-refractivity contribution < 1.29 is 37.6 Å². The molecule has 10 heteroatoms. The Labute approximate surface area is 433 Å². The summed E-state index contributed by atoms with van der Waals surface area (Å²) in [4.78, 5) is 35.1. The van der Waals surface area contributed by atoms with Gasteiger partial charge in [0, 0.05) is 19.4 Å². The third-order valence-electron chi connectivity index (χ3n) is 10.7. The molecule has 0 aromatic rings. The number of nitrogens with two attached hydrogens (primary N) is 1. The van der Waals surface area contributed by atoms with Gasteiger partial charge in [0.1, 0.15) is 6.61 Å². The third-order valence-corrected chi connectivity index (χ3v) is 11.7. The lowest BCUT2D eigenvalue weighted by atomic mass is 10.1. The van der Waals surface area contributed by atoms with Crippen molar-refractivity contribution in [3.63, 3.8) is 0 Å². The molecule has 0 rings (SSSR count). The van der Waals surface area contributed by atoms with E-state index in [0.29, 0.717) is 12.8 Å². The molecule has 0 fully saturated rings. The molecule has 0 heterocycles. The zero-order chi connectivity index (χ0) is 51.7. The monoisotopic (exact) mass is 1000 g/mol. The molecule has 0 amide bonds. The highest BCUT2D eigenvalue weighted by Crippen LogP contribution is 2.43. The second-order valence-corrected chi connectivity index (χ2v) is 18.8. The number of allylic oxidation sites excluding steroid dienone is 24. The molecule has 0 radical (unpaired) electrons. The Morgan fingerprint density at radius 1 is 0.437 bits per heavy atom. The van der Waals surface area contributed by atoms with Crippen LogP contribution in [-0.4, -0.2) is 49.3 Å². The van der Waals surface area contributed by atoms with Crippen molar-refractivity contribution in [1.82, 2.24) is 0 Å². The van der Waals surface area contributed by atoms with Gasteiger partial charge in [0.2, 0.25) is 0 Å². The van der Waals surface area contributed by atoms with Crippen LogP contribution in [0.15, 0.2) is 146 Å². The van der Waals surface area contributed by atoms with Gasteiger partial charge in [-0.3, -0.25) is 18.6 Å². The quantitative estimate of drug-likeness (QED) is 0.0264. The van der Waals surface area contributed by atoms with Gasteiger partial charge >= 0.3 is 19.8 Å². The fourth-order valence-corrected chi connectivity index (χ4v) is 7.46. The van der Waals surface area contributed by atoms with Gasteiger partial charge in [-0.05, 0) is 122 Å². The number of phosphoric ester groups is 1. The van der Waals surface area contributed by atoms with Crippen molar-refractivity contribution in [2.75, 3.05) is 26.4 Å². The number of unbranched alkanes of at least 4 members (excludes halogenated alkanes) is 12. The zero-order valence-electron chi connectivity index (χ0n) is 44.4. The average molecular weight is 1000 g/mol. The Kier molecular flexibility index (Phi) is 52.0. The van der Waals surface area contributed by atoms with Crippen LogP contribution < -0.4 is 5.73 Å². The Morgan fingerprint density at radius 3 is 1.17 bits per heavy atom. The van der Waals surface area contributed by atoms with Gasteiger partial charge in [-0.25, -0.2) is 4.57 Å². The molecule has 0 bridgehead atoms. The first-order chi connectivity index (χ1) is 34.8. The molecule has 2 atom stereocenters. The highest BCUT2D eigenvalue weighted by atomic mass is 31.2. The summed E-state index contributed by atoms with van der Waals surface area (Å²) in [7, 11) is -4.41. The van der Waals surface area contributed by atoms with Crippen molar-refractivity contribution in [3.05, 3.63) is 146 Å². The van der Waals surface area contributed by atoms with Gasteiger partial charge in [0.25, 0.3) is 0 Å². The van der Waals surface area contributed by atoms with E-state index in [4.69, 9.17) is 24.3 Å². The van der Waals surface area contributed by atoms with E-state index in [9.17, 15) is 19.0 Å². The average Bonchev–Trinajstić information content (AvgIpc) is 3.36. The van der Waals surface area contributed by atoms with Gasteiger partial charge in [0.15, 0.2) is 6.10 Å². The minimum absolute atomic E-state index is 0.0369. The largest absolute Gasteiger partial charge is 0.472 e. The number of hydrogen-bond acceptors (Lipinski definition) is 8. The molecule has 0 aromatic carbocycles. The second kappa shape index (κ2) is 55.2. The Hall–Kier alpha value is -4.11. The van der Waals surface area contributed by atoms with Crippen molar-refractivity contribution >= 4 is 19.8 Å². The molecule has 0 aromatic heterocycles. The zero-order valence-corrected chi connectivity index (χ0v) is 45.3. The highest BCUT2D eigenvalue weighted by Gasteiger charge is 2.26. The van der Waals surface area contributed by atoms with Crippen molar-refractivity contribution in [3.8, 4) is 0 Å². The minimum Gasteiger partial charge on any atom is -0.462 e. The lowest BCUT2D eigenvalue weighted by Crippen LogP contribution is -2.29. The van der Waals surface area contributed by atoms with Crippen LogP contribution in [0.2, 0.25) is 0 Å². The normalized spacial score (nSPS) is 14.3. The molecule has 0 aliphatic heterocycles. The fourth-order valence-electron chi connectivity index (χ4n) is 6.69. The van der Waals surface area contributed by atoms with Crippen LogP contribution in [0, 0.1) is 0 Å². The molecule has 0 saturated heterocycles. The molecule has 400 valence electrons. The Balaban J connectivity index is 4.18. The summed E-state index contributed by atoms with van der Waals surface area (Å²) in [6.07, 6.45) is 78.9. The van der Waals surface area contributed by atoms with E-state index < -0.39 is 32.5 Å². The van der Waals surface area contributed by atoms with Crippen molar-refractivity contribution in [2.24, 2.45) is 5.73 Å². The predicted molar refractivity (Wildman–Crippen MR) is 302 cm³/mol. The van der Waals surface area contributed by atoms with Crippen LogP contribution >= 0.6 is 7.82 Å². The lowest BCUT2D eigenvalue weighted by molar-refractivity contribution is -0.161. The molecule has 0 aliphatic carbocycles. The van der Waals surface area contributed by atoms with E-state index in [2.05, 4.69) is 160 Å². The number of phosphoric acid groups is 1. The number of ether oxygens (including phenoxy) is 2. The predicted octanol–water partition coefficient (Wildman–Crippen LogP) is 17.2. The molecule has 2 unspecified atom stereocenters. The number of rotatable bonds is 49. The standard InChI is InChI=1S/C61H98NO8P/c1-3-5-7-9-11-13-15-17-19-21-23-24-25-26-27-28-29-30-31-32-33-34-36-38-40-42-44-46-48-50-52-54-61(64)70-59(58-69-71(65,66)68-56-55-62)57-67-60(63)53-51-49-47-45-43-41-39-37-35-22-20-18-16-14-12-10-8-6-4-2/h5,7,11-14,17-20,23-24,26-27,29-30,32-33,35-38,42,44,59H,3-4,6,8-10,15-16,21-22,25,28,31,34,39-41,43,45-58,62H2,1-2H3,(H,65,66)/b7-5-,13-11-,14-12-,19-17-,20-18-,24-23-,27-26-,30-29-,33-32-,37-35-,38-36-,44-42-. The Bertz CT molecular complexity index is 1660. The van der Waals surface area contributed by atoms with Gasteiger partial charge in [-0.15, -0.1) is 0 Å². The molecular formula is C61H98NO8P. The summed E-state index contributed by atoms with van der Waals surface area (Å²) >= 11 is 0. The number of esters is 2. The topological polar surface area (TPSA) is 134 Å². The lowest BCUT2D eigenvalue weighted by Gasteiger charge is -2.19. The number of carbonyl (C=O) groups excluding carboxylic acids is 2. The first kappa shape index (κ1) is 66.9. The summed E-state index contributed by atoms with van der Waals surface area (Å²) < 4.78 is 32.9. The summed E-state index contributed by atoms with van der Waals surface area (Å²) in [6, 6.07) is 0. The smallest absolute Gasteiger partial charge is 0.462 e. The molecule has 3 N–H and O–H groups in total. The first-order valence-electron chi connectivity index (χ1n) is 27.3. The van der Waals surface area contributed by atoms with E-state index in [1.807, 2.05) is 0 Å². The molecule has 71 heavy (non-hydrogen) atoms. The van der Waals surface area contributed by atoms with E-state index in [-0.39, 0.29) is 32.6 Å². The SMILES string of the molecule is CC/C=C\C/C=C\C/C=C\C/C=C\C/C=C\C/C=C\C/C=C\C/C=C\C/C=C\CCCCCC(=O)OC(COC(=O)CCCCCCCC/C=C\C/C=C\C/C=C\CCCCC)COP(=O)(O)OCCN. The van der Waals surface area contributed by atoms with Crippen molar-refractivity contribution in [2.45, 2.75) is 200 Å². The van der Waals surface area contributed by atoms with E-state index in [1.54, 1.807) is 0 Å². The maximum absolute atomic E-state index is 12.7. The summed E-state index contributed by atoms with van der Waals surface area (Å²) in [5, 5.41) is 0. The summed E-state index contributed by atoms with van der Waals surface area (Å²) in [6.45, 7) is 3.52. The molecule has 0 aliphatic rings. The minimum atomic E-state index is -4.41. The van der Waals surface area contributed by atoms with Gasteiger partial charge in [0.05, 0.1) is 13.2 Å². The summed E-state index contributed by atoms with van der Waals surface area (Å²) in [5.74, 6) is -0.894. The number of carbonyl (C=O) groups is 2. The molecular weight excluding hydrogens is 906 g/mol. The fraction of sp³-hybridized carbons (Fsp3) is 0.574. The van der Waals surface area contributed by atoms with Crippen LogP contribution in [0.25, 0.3) is 0 Å². The van der Waals surface area contributed by atoms with Gasteiger partial charge in [-0.1, -0.05) is 205 Å². The van der Waals surface area contributed by atoms with Crippen LogP contribution in [0.1, 0.15) is 194 Å². The van der Waals surface area contributed by atoms with Gasteiger partial charge < -0.3 is 20.1 Å². The van der Waals surface area contributed by atoms with Crippen LogP contribution in [0.3, 0.4) is 0 Å². The maximum atomic E-state index is 12.7.